The lowest BCUT2D eigenvalue weighted by Crippen LogP contribution is -2.28. The molecule has 4 aliphatic heterocycles. The van der Waals surface area contributed by atoms with Crippen molar-refractivity contribution in [1.82, 2.24) is 59.9 Å². The highest BCUT2D eigenvalue weighted by molar-refractivity contribution is 7.23. The van der Waals surface area contributed by atoms with E-state index in [0.29, 0.717) is 110 Å². The SMILES string of the molecule is NC1CC1.Nc1ccc(Oc2ccnc3cc(-c4ccc(CN5C(=O)CCC5=O)cn4)sc23)c(F)c1.O=C(Cc1ccc(Oc2ccnc3cc(-c4ccc(CN5C(=O)CCC5=O)cn4)sc23)c(F)c1)CC1CC1.O=C1CCC(=O)N1.O=C1CCC(=O)N1Cc1ccc(-c2cc3nccc(Oc4ccc([N+](=O)[O-])cc4F)c3s2)nc1.O=[N+]([O-])c1ccc(Oc2ccnc3cc(-c4ccc(CCl)cn4)sc23)c(F)c1. The number of aromatic nitrogens is 8. The summed E-state index contributed by atoms with van der Waals surface area (Å²) in [5, 5.41) is 23.7. The summed E-state index contributed by atoms with van der Waals surface area (Å²) in [6.07, 6.45) is 20.8. The fourth-order valence-corrected chi connectivity index (χ4v) is 19.1. The quantitative estimate of drug-likeness (QED) is 0.0119. The summed E-state index contributed by atoms with van der Waals surface area (Å²) in [6, 6.07) is 44.8. The molecular weight excluding hydrogens is 1950 g/mol. The number of nitrogen functional groups attached to an aromatic ring is 1. The van der Waals surface area contributed by atoms with Gasteiger partial charge in [-0.2, -0.15) is 0 Å². The van der Waals surface area contributed by atoms with Crippen LogP contribution in [0.1, 0.15) is 111 Å². The molecule has 4 saturated heterocycles. The summed E-state index contributed by atoms with van der Waals surface area (Å²) in [5.74, 6) is -1.29. The number of fused-ring (bicyclic) bond motifs is 4. The van der Waals surface area contributed by atoms with Crippen molar-refractivity contribution in [3.8, 4) is 88.3 Å². The lowest BCUT2D eigenvalue weighted by atomic mass is 10.0. The molecule has 6 fully saturated rings. The number of non-ortho nitro benzene ring substituents is 2. The minimum atomic E-state index is -0.844. The van der Waals surface area contributed by atoms with Gasteiger partial charge in [-0.05, 0) is 144 Å². The number of nitrogens with one attached hydrogen (secondary N) is 1. The molecule has 2 aliphatic carbocycles. The molecule has 33 nitrogen and oxygen atoms in total. The van der Waals surface area contributed by atoms with Crippen molar-refractivity contribution in [2.24, 2.45) is 11.7 Å². The smallest absolute Gasteiger partial charge is 0.272 e. The minimum Gasteiger partial charge on any atom is -0.453 e. The minimum absolute atomic E-state index is 0.0788. The van der Waals surface area contributed by atoms with Crippen molar-refractivity contribution >= 4 is 168 Å². The van der Waals surface area contributed by atoms with Crippen molar-refractivity contribution in [1.29, 1.82) is 0 Å². The molecule has 42 heteroatoms. The Kier molecular flexibility index (Phi) is 30.4. The third-order valence-corrected chi connectivity index (χ3v) is 27.6. The number of rotatable bonds is 25. The monoisotopic (exact) mass is 2030 g/mol. The lowest BCUT2D eigenvalue weighted by Gasteiger charge is -2.13. The fraction of sp³-hybridized carbons (Fsp3) is 0.198. The number of nitrogens with zero attached hydrogens (tertiary/aromatic N) is 13. The van der Waals surface area contributed by atoms with Gasteiger partial charge in [0.25, 0.3) is 11.4 Å². The van der Waals surface area contributed by atoms with Gasteiger partial charge in [0.15, 0.2) is 46.3 Å². The van der Waals surface area contributed by atoms with E-state index in [0.717, 1.165) is 92.2 Å². The van der Waals surface area contributed by atoms with Crippen LogP contribution in [-0.4, -0.2) is 124 Å². The van der Waals surface area contributed by atoms with Gasteiger partial charge in [-0.25, -0.2) is 17.6 Å². The number of amides is 8. The Hall–Kier alpha value is -16.1. The highest BCUT2D eigenvalue weighted by atomic mass is 35.5. The molecule has 0 spiro atoms. The molecule has 22 rings (SSSR count). The number of ketones is 1. The molecule has 8 amide bonds. The van der Waals surface area contributed by atoms with E-state index in [2.05, 4.69) is 45.2 Å². The third-order valence-electron chi connectivity index (χ3n) is 22.6. The molecule has 16 aromatic rings. The van der Waals surface area contributed by atoms with E-state index >= 15 is 0 Å². The number of carbonyl (C=O) groups excluding carboxylic acids is 9. The molecule has 143 heavy (non-hydrogen) atoms. The average molecular weight is 2030 g/mol. The first-order valence-electron chi connectivity index (χ1n) is 44.5. The highest BCUT2D eigenvalue weighted by Gasteiger charge is 2.33. The van der Waals surface area contributed by atoms with E-state index in [-0.39, 0.29) is 152 Å². The predicted octanol–water partition coefficient (Wildman–Crippen LogP) is 20.7. The molecular formula is C101H79ClF4N16O17S4. The summed E-state index contributed by atoms with van der Waals surface area (Å²) < 4.78 is 83.5. The van der Waals surface area contributed by atoms with Crippen LogP contribution >= 0.6 is 56.9 Å². The van der Waals surface area contributed by atoms with Crippen LogP contribution in [-0.2, 0) is 75.1 Å². The van der Waals surface area contributed by atoms with Crippen LogP contribution < -0.4 is 35.7 Å². The number of imide groups is 4. The molecule has 5 N–H and O–H groups in total. The van der Waals surface area contributed by atoms with E-state index in [1.807, 2.05) is 66.7 Å². The van der Waals surface area contributed by atoms with Crippen LogP contribution in [0.4, 0.5) is 34.6 Å². The second kappa shape index (κ2) is 44.2. The van der Waals surface area contributed by atoms with Gasteiger partial charge in [0.2, 0.25) is 47.3 Å². The largest absolute Gasteiger partial charge is 0.453 e. The number of nitrogens with two attached hydrogens (primary N) is 2. The van der Waals surface area contributed by atoms with Gasteiger partial charge < -0.3 is 30.4 Å². The normalized spacial score (nSPS) is 14.3. The second-order valence-corrected chi connectivity index (χ2v) is 37.8. The zero-order valence-electron chi connectivity index (χ0n) is 75.1. The number of thiophene rings is 4. The number of pyridine rings is 8. The second-order valence-electron chi connectivity index (χ2n) is 33.3. The number of Topliss-reactive ketones (excluding diaryl/α,β-unsaturated/α-hetero) is 1. The molecule has 2 saturated carbocycles. The molecule has 0 atom stereocenters. The van der Waals surface area contributed by atoms with Gasteiger partial charge >= 0.3 is 0 Å². The highest BCUT2D eigenvalue weighted by Crippen LogP contribution is 2.46. The topological polar surface area (TPSA) is 454 Å². The summed E-state index contributed by atoms with van der Waals surface area (Å²) in [5.41, 5.74) is 19.9. The number of hydrogen-bond acceptors (Lipinski definition) is 31. The van der Waals surface area contributed by atoms with Gasteiger partial charge in [0, 0.05) is 174 Å². The fourth-order valence-electron chi connectivity index (χ4n) is 14.8. The van der Waals surface area contributed by atoms with Crippen LogP contribution in [0.15, 0.2) is 219 Å². The van der Waals surface area contributed by atoms with Crippen LogP contribution in [0.25, 0.3) is 83.2 Å². The van der Waals surface area contributed by atoms with Crippen LogP contribution in [0, 0.1) is 49.4 Å². The zero-order chi connectivity index (χ0) is 100. The molecule has 12 aromatic heterocycles. The van der Waals surface area contributed by atoms with Crippen molar-refractivity contribution in [3.05, 3.63) is 291 Å². The maximum Gasteiger partial charge on any atom is 0.272 e. The number of carbonyl (C=O) groups is 9. The van der Waals surface area contributed by atoms with E-state index in [1.54, 1.807) is 91.9 Å². The Balaban J connectivity index is 0.000000127. The molecule has 0 bridgehead atoms. The van der Waals surface area contributed by atoms with E-state index in [9.17, 15) is 80.9 Å². The number of alkyl halides is 1. The number of likely N-dealkylation sites (tertiary alicyclic amines) is 3. The lowest BCUT2D eigenvalue weighted by molar-refractivity contribution is -0.385. The van der Waals surface area contributed by atoms with E-state index in [1.165, 1.54) is 122 Å². The molecule has 4 aromatic carbocycles. The Labute approximate surface area is 829 Å². The molecule has 0 radical (unpaired) electrons. The van der Waals surface area contributed by atoms with Gasteiger partial charge in [0.1, 0.15) is 28.8 Å². The first kappa shape index (κ1) is 98.5. The number of hydrogen-bond donors (Lipinski definition) is 3. The number of ether oxygens (including phenoxy) is 4. The maximum atomic E-state index is 14.9. The summed E-state index contributed by atoms with van der Waals surface area (Å²) in [4.78, 5) is 166. The first-order valence-corrected chi connectivity index (χ1v) is 48.3. The Morgan fingerprint density at radius 1 is 0.385 bits per heavy atom. The van der Waals surface area contributed by atoms with Crippen molar-refractivity contribution in [2.75, 3.05) is 5.73 Å². The van der Waals surface area contributed by atoms with Gasteiger partial charge in [-0.1, -0.05) is 30.3 Å². The number of benzene rings is 4. The number of nitro benzene ring substituents is 2. The number of halogens is 5. The molecule has 6 aliphatic rings. The van der Waals surface area contributed by atoms with Crippen molar-refractivity contribution in [2.45, 2.75) is 121 Å². The Bertz CT molecular complexity index is 7600. The van der Waals surface area contributed by atoms with Crippen molar-refractivity contribution < 1.29 is 89.5 Å². The average Bonchev–Trinajstić information content (AvgIpc) is 1.67. The van der Waals surface area contributed by atoms with Gasteiger partial charge in [-0.3, -0.25) is 123 Å². The summed E-state index contributed by atoms with van der Waals surface area (Å²) >= 11 is 11.4. The van der Waals surface area contributed by atoms with Gasteiger partial charge in [-0.15, -0.1) is 56.9 Å². The van der Waals surface area contributed by atoms with Crippen LogP contribution in [0.5, 0.6) is 46.0 Å². The number of anilines is 1. The summed E-state index contributed by atoms with van der Waals surface area (Å²) in [6.45, 7) is 0.637. The Morgan fingerprint density at radius 3 is 0.951 bits per heavy atom. The first-order chi connectivity index (χ1) is 69.0. The van der Waals surface area contributed by atoms with Crippen molar-refractivity contribution in [3.63, 3.8) is 0 Å². The zero-order valence-corrected chi connectivity index (χ0v) is 79.1. The summed E-state index contributed by atoms with van der Waals surface area (Å²) in [7, 11) is 0. The molecule has 16 heterocycles. The van der Waals surface area contributed by atoms with E-state index < -0.39 is 33.1 Å². The van der Waals surface area contributed by atoms with Crippen LogP contribution in [0.3, 0.4) is 0 Å². The number of nitro groups is 2. The van der Waals surface area contributed by atoms with Gasteiger partial charge in [0.05, 0.1) is 125 Å². The standard InChI is InChI=1S/C29H24FN3O4S.C23H15FN4O5S.C23H17FN4O3S.C19H11ClFN3O3S.C4H5NO2.C3H7N/c30-21-13-18(12-20(34)11-17-1-2-17)4-6-24(21)37-25-9-10-31-23-14-26(38-29(23)25)22-5-3-19(15-32-22)16-33-27(35)7-8-28(33)36;24-15-9-14(28(31)32)2-4-18(15)33-19-7-8-25-17-10-20(34-23(17)19)16-3-1-13(11-26-16)12-27-21(29)5-6-22(27)30;24-15-9-14(25)2-4-18(15)31-19-7-8-26-17-10-20(32-23(17)19)16-3-1-13(11-27-16)12-28-21(29)5-6-22(28)30;20-9-11-1-3-14(23-10-11)18-8-15-19(28-18)17(5-6-22-15)27-16-4-2-12(24(25)26)7-13(16)21;6-3-1-2-4(7)5-3;4-3-1-2-3/h3-6,9-10,13-15,17H,1-2,7-8,11-12,16H2;1-4,7-11H,5-6,12H2;1-4,7-11H,5-6,12,25H2;1-8,10H,9H2;1-2H2,(H,5,6,7);3H,1-2,4H2. The van der Waals surface area contributed by atoms with E-state index in [4.69, 9.17) is 42.0 Å². The Morgan fingerprint density at radius 2 is 0.685 bits per heavy atom. The maximum absolute atomic E-state index is 14.9. The van der Waals surface area contributed by atoms with Crippen LogP contribution in [0.2, 0.25) is 0 Å². The molecule has 0 unspecified atom stereocenters. The third kappa shape index (κ3) is 24.7. The predicted molar refractivity (Wildman–Crippen MR) is 525 cm³/mol. The molecule has 724 valence electrons.